The average molecular weight is 146 g/mol. The first-order valence-corrected chi connectivity index (χ1v) is 4.97. The number of hydrogen-bond donors (Lipinski definition) is 0. The lowest BCUT2D eigenvalue weighted by Gasteiger charge is -2.24. The Morgan fingerprint density at radius 2 is 2.11 bits per heavy atom. The van der Waals surface area contributed by atoms with E-state index < -0.39 is 10.8 Å². The van der Waals surface area contributed by atoms with E-state index >= 15 is 0 Å². The van der Waals surface area contributed by atoms with Gasteiger partial charge in [0.05, 0.1) is 0 Å². The summed E-state index contributed by atoms with van der Waals surface area (Å²) in [6, 6.07) is 0. The van der Waals surface area contributed by atoms with E-state index in [0.717, 1.165) is 12.2 Å². The summed E-state index contributed by atoms with van der Waals surface area (Å²) in [5.74, 6) is 1.62. The Morgan fingerprint density at radius 1 is 1.44 bits per heavy atom. The van der Waals surface area contributed by atoms with Crippen LogP contribution in [0.3, 0.4) is 0 Å². The predicted molar refractivity (Wildman–Crippen MR) is 40.9 cm³/mol. The van der Waals surface area contributed by atoms with Crippen molar-refractivity contribution in [2.45, 2.75) is 31.9 Å². The molecule has 1 rings (SSSR count). The molecule has 1 aliphatic heterocycles. The van der Waals surface area contributed by atoms with E-state index in [-0.39, 0.29) is 0 Å². The Morgan fingerprint density at radius 3 is 2.56 bits per heavy atom. The lowest BCUT2D eigenvalue weighted by atomic mass is 10.0. The zero-order valence-electron chi connectivity index (χ0n) is 6.09. The van der Waals surface area contributed by atoms with Crippen LogP contribution in [0.2, 0.25) is 0 Å². The molecule has 0 saturated carbocycles. The van der Waals surface area contributed by atoms with Crippen molar-refractivity contribution in [2.75, 3.05) is 5.75 Å². The maximum absolute atomic E-state index is 11.1. The van der Waals surface area contributed by atoms with Gasteiger partial charge in [0.25, 0.3) is 0 Å². The summed E-state index contributed by atoms with van der Waals surface area (Å²) in [5.41, 5.74) is 0. The van der Waals surface area contributed by atoms with Crippen molar-refractivity contribution in [2.24, 2.45) is 5.92 Å². The molecule has 0 aromatic rings. The maximum Gasteiger partial charge on any atom is 0.0345 e. The molecule has 2 heteroatoms. The minimum atomic E-state index is -0.515. The Kier molecular flexibility index (Phi) is 2.28. The van der Waals surface area contributed by atoms with Gasteiger partial charge in [0.15, 0.2) is 0 Å². The summed E-state index contributed by atoms with van der Waals surface area (Å²) < 4.78 is 11.1. The lowest BCUT2D eigenvalue weighted by Crippen LogP contribution is -2.27. The van der Waals surface area contributed by atoms with E-state index in [9.17, 15) is 4.21 Å². The van der Waals surface area contributed by atoms with Gasteiger partial charge >= 0.3 is 0 Å². The fourth-order valence-corrected chi connectivity index (χ4v) is 2.70. The zero-order chi connectivity index (χ0) is 6.85. The van der Waals surface area contributed by atoms with Crippen molar-refractivity contribution in [3.8, 4) is 0 Å². The summed E-state index contributed by atoms with van der Waals surface area (Å²) >= 11 is 0. The number of hydrogen-bond acceptors (Lipinski definition) is 1. The predicted octanol–water partition coefficient (Wildman–Crippen LogP) is 1.55. The third-order valence-corrected chi connectivity index (χ3v) is 4.21. The second-order valence-electron chi connectivity index (χ2n) is 2.91. The molecule has 0 N–H and O–H groups in total. The van der Waals surface area contributed by atoms with Crippen molar-refractivity contribution in [1.82, 2.24) is 0 Å². The van der Waals surface area contributed by atoms with Crippen LogP contribution in [0.25, 0.3) is 0 Å². The minimum absolute atomic E-state index is 0.443. The molecule has 1 nitrogen and oxygen atoms in total. The van der Waals surface area contributed by atoms with Crippen molar-refractivity contribution in [1.29, 1.82) is 0 Å². The first-order valence-electron chi connectivity index (χ1n) is 3.59. The molecule has 0 bridgehead atoms. The molecule has 0 aromatic carbocycles. The Hall–Kier alpha value is 0.150. The molecular formula is C7H14OS. The summed E-state index contributed by atoms with van der Waals surface area (Å²) in [6.07, 6.45) is 2.44. The van der Waals surface area contributed by atoms with Gasteiger partial charge < -0.3 is 0 Å². The van der Waals surface area contributed by atoms with E-state index in [1.54, 1.807) is 0 Å². The lowest BCUT2D eigenvalue weighted by molar-refractivity contribution is 0.489. The van der Waals surface area contributed by atoms with Crippen molar-refractivity contribution >= 4 is 10.8 Å². The number of rotatable bonds is 0. The summed E-state index contributed by atoms with van der Waals surface area (Å²) in [7, 11) is -0.515. The molecule has 0 aliphatic carbocycles. The van der Waals surface area contributed by atoms with Crippen molar-refractivity contribution < 1.29 is 4.21 Å². The highest BCUT2D eigenvalue weighted by molar-refractivity contribution is 7.85. The van der Waals surface area contributed by atoms with Crippen LogP contribution in [0.15, 0.2) is 0 Å². The maximum atomic E-state index is 11.1. The van der Waals surface area contributed by atoms with E-state index in [4.69, 9.17) is 0 Å². The highest BCUT2D eigenvalue weighted by Crippen LogP contribution is 2.21. The Balaban J connectivity index is 2.51. The van der Waals surface area contributed by atoms with Gasteiger partial charge in [-0.05, 0) is 18.8 Å². The topological polar surface area (TPSA) is 17.1 Å². The molecule has 1 heterocycles. The summed E-state index contributed by atoms with van der Waals surface area (Å²) in [4.78, 5) is 0. The fourth-order valence-electron chi connectivity index (χ4n) is 1.23. The molecule has 0 aromatic heterocycles. The molecule has 9 heavy (non-hydrogen) atoms. The zero-order valence-corrected chi connectivity index (χ0v) is 6.91. The molecule has 54 valence electrons. The van der Waals surface area contributed by atoms with Gasteiger partial charge in [-0.1, -0.05) is 13.8 Å². The molecule has 3 atom stereocenters. The largest absolute Gasteiger partial charge is 0.259 e. The van der Waals surface area contributed by atoms with Crippen LogP contribution in [0, 0.1) is 5.92 Å². The molecule has 0 radical (unpaired) electrons. The third kappa shape index (κ3) is 1.54. The molecular weight excluding hydrogens is 132 g/mol. The first-order chi connectivity index (χ1) is 4.22. The highest BCUT2D eigenvalue weighted by atomic mass is 32.2. The Labute approximate surface area is 59.3 Å². The van der Waals surface area contributed by atoms with Crippen LogP contribution in [-0.4, -0.2) is 15.2 Å². The van der Waals surface area contributed by atoms with Gasteiger partial charge in [-0.25, -0.2) is 0 Å². The minimum Gasteiger partial charge on any atom is -0.259 e. The van der Waals surface area contributed by atoms with Crippen LogP contribution in [-0.2, 0) is 10.8 Å². The van der Waals surface area contributed by atoms with E-state index in [0.29, 0.717) is 11.2 Å². The average Bonchev–Trinajstić information content (AvgIpc) is 1.83. The standard InChI is InChI=1S/C7H14OS/c1-6-4-3-5-9(8)7(6)2/h6-7H,3-5H2,1-2H3. The van der Waals surface area contributed by atoms with Crippen LogP contribution >= 0.6 is 0 Å². The second kappa shape index (κ2) is 2.82. The molecule has 3 unspecified atom stereocenters. The second-order valence-corrected chi connectivity index (χ2v) is 4.82. The Bertz CT molecular complexity index is 122. The monoisotopic (exact) mass is 146 g/mol. The fraction of sp³-hybridized carbons (Fsp3) is 1.00. The van der Waals surface area contributed by atoms with E-state index in [1.165, 1.54) is 6.42 Å². The van der Waals surface area contributed by atoms with E-state index in [2.05, 4.69) is 13.8 Å². The van der Waals surface area contributed by atoms with Gasteiger partial charge in [0, 0.05) is 21.8 Å². The third-order valence-electron chi connectivity index (χ3n) is 2.22. The molecule has 0 amide bonds. The van der Waals surface area contributed by atoms with Gasteiger partial charge in [0.2, 0.25) is 0 Å². The smallest absolute Gasteiger partial charge is 0.0345 e. The quantitative estimate of drug-likeness (QED) is 0.507. The summed E-state index contributed by atoms with van der Waals surface area (Å²) in [6.45, 7) is 4.29. The molecule has 1 saturated heterocycles. The van der Waals surface area contributed by atoms with Crippen LogP contribution in [0.4, 0.5) is 0 Å². The SMILES string of the molecule is CC1CCCS(=O)C1C. The van der Waals surface area contributed by atoms with Gasteiger partial charge in [-0.15, -0.1) is 0 Å². The highest BCUT2D eigenvalue weighted by Gasteiger charge is 2.22. The van der Waals surface area contributed by atoms with Crippen molar-refractivity contribution in [3.05, 3.63) is 0 Å². The van der Waals surface area contributed by atoms with Crippen molar-refractivity contribution in [3.63, 3.8) is 0 Å². The van der Waals surface area contributed by atoms with Crippen LogP contribution in [0.5, 0.6) is 0 Å². The van der Waals surface area contributed by atoms with E-state index in [1.807, 2.05) is 0 Å². The van der Waals surface area contributed by atoms with Crippen LogP contribution in [0.1, 0.15) is 26.7 Å². The van der Waals surface area contributed by atoms with Gasteiger partial charge in [-0.3, -0.25) is 4.21 Å². The summed E-state index contributed by atoms with van der Waals surface area (Å²) in [5, 5.41) is 0.443. The molecule has 1 fully saturated rings. The van der Waals surface area contributed by atoms with Crippen LogP contribution < -0.4 is 0 Å². The van der Waals surface area contributed by atoms with Gasteiger partial charge in [0.1, 0.15) is 0 Å². The normalized spacial score (nSPS) is 44.9. The molecule has 0 spiro atoms. The first kappa shape index (κ1) is 7.26. The van der Waals surface area contributed by atoms with Gasteiger partial charge in [-0.2, -0.15) is 0 Å². The molecule has 1 aliphatic rings.